The van der Waals surface area contributed by atoms with Crippen LogP contribution in [0.15, 0.2) is 0 Å². The number of aliphatic hydroxyl groups is 1. The summed E-state index contributed by atoms with van der Waals surface area (Å²) in [6.45, 7) is 3.04. The summed E-state index contributed by atoms with van der Waals surface area (Å²) in [6.07, 6.45) is 10.0. The van der Waals surface area contributed by atoms with E-state index >= 15 is 0 Å². The molecule has 0 aromatic carbocycles. The van der Waals surface area contributed by atoms with Gasteiger partial charge in [0.25, 0.3) is 0 Å². The Labute approximate surface area is 94.1 Å². The maximum Gasteiger partial charge on any atom is 0.0549 e. The van der Waals surface area contributed by atoms with Crippen LogP contribution in [0.3, 0.4) is 0 Å². The fourth-order valence-electron chi connectivity index (χ4n) is 1.65. The molecule has 0 unspecified atom stereocenters. The molecule has 0 saturated heterocycles. The monoisotopic (exact) mass is 216 g/mol. The smallest absolute Gasteiger partial charge is 0.0549 e. The Morgan fingerprint density at radius 1 is 0.867 bits per heavy atom. The minimum Gasteiger partial charge on any atom is -0.785 e. The van der Waals surface area contributed by atoms with Crippen LogP contribution in [-0.2, 0) is 0 Å². The fourth-order valence-corrected chi connectivity index (χ4v) is 1.65. The molecule has 0 aromatic heterocycles. The Hall–Kier alpha value is -0.120. The zero-order valence-electron chi connectivity index (χ0n) is 10.1. The van der Waals surface area contributed by atoms with Gasteiger partial charge >= 0.3 is 0 Å². The average molecular weight is 216 g/mol. The van der Waals surface area contributed by atoms with Gasteiger partial charge < -0.3 is 15.4 Å². The molecule has 15 heavy (non-hydrogen) atoms. The van der Waals surface area contributed by atoms with Crippen LogP contribution in [0.25, 0.3) is 0 Å². The van der Waals surface area contributed by atoms with Crippen LogP contribution in [0.1, 0.15) is 58.3 Å². The van der Waals surface area contributed by atoms with E-state index < -0.39 is 0 Å². The van der Waals surface area contributed by atoms with Crippen LogP contribution >= 0.6 is 0 Å². The fraction of sp³-hybridized carbons (Fsp3) is 1.00. The summed E-state index contributed by atoms with van der Waals surface area (Å²) in [5.41, 5.74) is 0. The van der Waals surface area contributed by atoms with Crippen molar-refractivity contribution in [2.45, 2.75) is 58.3 Å². The number of aliphatic hydroxyl groups excluding tert-OH is 1. The van der Waals surface area contributed by atoms with Crippen molar-refractivity contribution in [1.82, 2.24) is 5.06 Å². The highest BCUT2D eigenvalue weighted by Gasteiger charge is 1.93. The van der Waals surface area contributed by atoms with Gasteiger partial charge in [-0.25, -0.2) is 0 Å². The average Bonchev–Trinajstić information content (AvgIpc) is 2.22. The van der Waals surface area contributed by atoms with Gasteiger partial charge in [-0.1, -0.05) is 51.9 Å². The van der Waals surface area contributed by atoms with E-state index in [0.717, 1.165) is 17.9 Å². The van der Waals surface area contributed by atoms with Crippen molar-refractivity contribution in [2.24, 2.45) is 0 Å². The molecule has 0 aliphatic carbocycles. The van der Waals surface area contributed by atoms with Crippen LogP contribution in [0, 0.1) is 5.21 Å². The summed E-state index contributed by atoms with van der Waals surface area (Å²) < 4.78 is 0. The minimum atomic E-state index is -0.0273. The number of rotatable bonds is 11. The van der Waals surface area contributed by atoms with Crippen molar-refractivity contribution >= 4 is 0 Å². The van der Waals surface area contributed by atoms with Crippen LogP contribution in [0.5, 0.6) is 0 Å². The minimum absolute atomic E-state index is 0.0273. The van der Waals surface area contributed by atoms with Gasteiger partial charge in [0.2, 0.25) is 0 Å². The predicted octanol–water partition coefficient (Wildman–Crippen LogP) is 2.92. The molecule has 0 atom stereocenters. The zero-order chi connectivity index (χ0) is 11.4. The molecule has 0 heterocycles. The maximum absolute atomic E-state index is 11.0. The molecule has 0 spiro atoms. The predicted molar refractivity (Wildman–Crippen MR) is 64.6 cm³/mol. The van der Waals surface area contributed by atoms with Crippen LogP contribution in [0.2, 0.25) is 0 Å². The molecular formula is C12H26NO2-. The first-order valence-corrected chi connectivity index (χ1v) is 6.34. The summed E-state index contributed by atoms with van der Waals surface area (Å²) in [4.78, 5) is 0. The first kappa shape index (κ1) is 14.9. The second-order valence-corrected chi connectivity index (χ2v) is 4.13. The zero-order valence-corrected chi connectivity index (χ0v) is 10.1. The second kappa shape index (κ2) is 12.0. The molecule has 3 heteroatoms. The number of nitrogens with zero attached hydrogens (tertiary/aromatic N) is 1. The topological polar surface area (TPSA) is 46.5 Å². The van der Waals surface area contributed by atoms with E-state index in [4.69, 9.17) is 5.11 Å². The highest BCUT2D eigenvalue weighted by atomic mass is 16.5. The summed E-state index contributed by atoms with van der Waals surface area (Å²) in [6, 6.07) is 0. The molecule has 0 rings (SSSR count). The second-order valence-electron chi connectivity index (χ2n) is 4.13. The normalized spacial score (nSPS) is 11.2. The Balaban J connectivity index is 2.98. The van der Waals surface area contributed by atoms with Gasteiger partial charge in [-0.2, -0.15) is 0 Å². The third-order valence-corrected chi connectivity index (χ3v) is 2.61. The Bertz CT molecular complexity index is 120. The number of unbranched alkanes of at least 4 members (excludes halogenated alkanes) is 7. The van der Waals surface area contributed by atoms with Gasteiger partial charge in [-0.05, 0) is 13.0 Å². The SMILES string of the molecule is CCCCCCCCCCN([O-])CCO. The number of hydroxylamine groups is 2. The molecule has 0 bridgehead atoms. The van der Waals surface area contributed by atoms with Crippen molar-refractivity contribution in [1.29, 1.82) is 0 Å². The lowest BCUT2D eigenvalue weighted by Gasteiger charge is -2.26. The van der Waals surface area contributed by atoms with E-state index in [1.54, 1.807) is 0 Å². The molecule has 0 aliphatic heterocycles. The van der Waals surface area contributed by atoms with E-state index in [9.17, 15) is 5.21 Å². The third-order valence-electron chi connectivity index (χ3n) is 2.61. The molecular weight excluding hydrogens is 190 g/mol. The molecule has 0 aromatic rings. The molecule has 92 valence electrons. The van der Waals surface area contributed by atoms with Gasteiger partial charge in [0.15, 0.2) is 0 Å². The maximum atomic E-state index is 11.0. The van der Waals surface area contributed by atoms with E-state index in [2.05, 4.69) is 6.92 Å². The third kappa shape index (κ3) is 11.8. The van der Waals surface area contributed by atoms with Crippen LogP contribution in [0.4, 0.5) is 0 Å². The van der Waals surface area contributed by atoms with Gasteiger partial charge in [0.05, 0.1) is 6.61 Å². The Morgan fingerprint density at radius 3 is 1.93 bits per heavy atom. The van der Waals surface area contributed by atoms with Crippen molar-refractivity contribution in [3.63, 3.8) is 0 Å². The van der Waals surface area contributed by atoms with Crippen molar-refractivity contribution in [3.8, 4) is 0 Å². The number of hydrogen-bond donors (Lipinski definition) is 1. The summed E-state index contributed by atoms with van der Waals surface area (Å²) in [5, 5.41) is 20.4. The van der Waals surface area contributed by atoms with Gasteiger partial charge in [0.1, 0.15) is 0 Å². The van der Waals surface area contributed by atoms with Gasteiger partial charge in [-0.3, -0.25) is 0 Å². The Morgan fingerprint density at radius 2 is 1.40 bits per heavy atom. The first-order chi connectivity index (χ1) is 7.31. The molecule has 1 N–H and O–H groups in total. The summed E-state index contributed by atoms with van der Waals surface area (Å²) >= 11 is 0. The number of hydrogen-bond acceptors (Lipinski definition) is 3. The molecule has 0 saturated carbocycles. The van der Waals surface area contributed by atoms with Gasteiger partial charge in [-0.15, -0.1) is 0 Å². The quantitative estimate of drug-likeness (QED) is 0.426. The van der Waals surface area contributed by atoms with E-state index in [0.29, 0.717) is 6.54 Å². The first-order valence-electron chi connectivity index (χ1n) is 6.34. The van der Waals surface area contributed by atoms with Crippen LogP contribution < -0.4 is 0 Å². The highest BCUT2D eigenvalue weighted by Crippen LogP contribution is 2.08. The largest absolute Gasteiger partial charge is 0.785 e. The van der Waals surface area contributed by atoms with Crippen molar-refractivity contribution in [3.05, 3.63) is 5.21 Å². The molecule has 0 aliphatic rings. The van der Waals surface area contributed by atoms with E-state index in [1.807, 2.05) is 0 Å². The molecule has 3 nitrogen and oxygen atoms in total. The molecule has 0 amide bonds. The lowest BCUT2D eigenvalue weighted by Crippen LogP contribution is -2.21. The highest BCUT2D eigenvalue weighted by molar-refractivity contribution is 4.56. The standard InChI is InChI=1S/C12H26NO2/c1-2-3-4-5-6-7-8-9-10-13(15)11-12-14/h14H,2-12H2,1H3/q-1. The lowest BCUT2D eigenvalue weighted by atomic mass is 10.1. The van der Waals surface area contributed by atoms with E-state index in [-0.39, 0.29) is 13.2 Å². The van der Waals surface area contributed by atoms with Gasteiger partial charge in [0, 0.05) is 6.54 Å². The van der Waals surface area contributed by atoms with E-state index in [1.165, 1.54) is 38.5 Å². The van der Waals surface area contributed by atoms with Crippen molar-refractivity contribution in [2.75, 3.05) is 19.7 Å². The summed E-state index contributed by atoms with van der Waals surface area (Å²) in [7, 11) is 0. The van der Waals surface area contributed by atoms with Crippen LogP contribution in [-0.4, -0.2) is 29.9 Å². The van der Waals surface area contributed by atoms with Crippen molar-refractivity contribution < 1.29 is 5.11 Å². The molecule has 0 radical (unpaired) electrons. The summed E-state index contributed by atoms with van der Waals surface area (Å²) in [5.74, 6) is 0. The Kier molecular flexibility index (Phi) is 11.9. The lowest BCUT2D eigenvalue weighted by molar-refractivity contribution is 0.234. The molecule has 0 fully saturated rings.